The van der Waals surface area contributed by atoms with Crippen molar-refractivity contribution in [2.24, 2.45) is 0 Å². The summed E-state index contributed by atoms with van der Waals surface area (Å²) >= 11 is 0. The summed E-state index contributed by atoms with van der Waals surface area (Å²) < 4.78 is 71.2. The predicted molar refractivity (Wildman–Crippen MR) is 332 cm³/mol. The van der Waals surface area contributed by atoms with Gasteiger partial charge in [-0.2, -0.15) is 0 Å². The standard InChI is InChI=1S/2C34H56O3S.Ca/c2*1-3-5-7-9-11-13-15-17-19-21-24-30-26-23-27-32-29-33(38(35,36)37)28-31(34(30)32)25-22-20-18-16-14-12-10-8-6-4-2;/h2*23,26-29H,3-22,24-25H2,1-2H3,(H,35,36,37);/q;;+2/p-2. The predicted octanol–water partition coefficient (Wildman–Crippen LogP) is 21.0. The minimum atomic E-state index is -4.47. The second kappa shape index (κ2) is 45.1. The zero-order valence-corrected chi connectivity index (χ0v) is 53.7. The Balaban J connectivity index is 0.000000520. The SMILES string of the molecule is CCCCCCCCCCCCc1cccc2cc(S(=O)(=O)[O-])cc(CCCCCCCCCCCC)c12.CCCCCCCCCCCCc1cccc2cc(S(=O)(=O)[O-])cc(CCCCCCCCCCCC)c12.[Ca+2]. The van der Waals surface area contributed by atoms with Gasteiger partial charge in [-0.05, 0) is 119 Å². The van der Waals surface area contributed by atoms with Crippen molar-refractivity contribution in [1.82, 2.24) is 0 Å². The molecule has 0 aliphatic heterocycles. The third-order valence-corrected chi connectivity index (χ3v) is 17.6. The number of benzene rings is 4. The Morgan fingerprint density at radius 1 is 0.286 bits per heavy atom. The molecule has 9 heteroatoms. The maximum absolute atomic E-state index is 11.9. The number of aryl methyl sites for hydroxylation is 4. The summed E-state index contributed by atoms with van der Waals surface area (Å²) in [5.41, 5.74) is 4.69. The van der Waals surface area contributed by atoms with Crippen LogP contribution in [0.3, 0.4) is 0 Å². The molecular weight excluding hydrogens is 1020 g/mol. The van der Waals surface area contributed by atoms with E-state index in [9.17, 15) is 25.9 Å². The monoisotopic (exact) mass is 1130 g/mol. The molecule has 432 valence electrons. The Kier molecular flexibility index (Phi) is 41.9. The van der Waals surface area contributed by atoms with Gasteiger partial charge in [-0.3, -0.25) is 0 Å². The van der Waals surface area contributed by atoms with Gasteiger partial charge >= 0.3 is 37.7 Å². The van der Waals surface area contributed by atoms with Crippen molar-refractivity contribution in [2.75, 3.05) is 0 Å². The summed E-state index contributed by atoms with van der Waals surface area (Å²) in [5, 5.41) is 4.17. The molecule has 0 aliphatic rings. The van der Waals surface area contributed by atoms with Crippen molar-refractivity contribution >= 4 is 79.5 Å². The smallest absolute Gasteiger partial charge is 0.744 e. The Labute approximate surface area is 504 Å². The molecule has 0 aliphatic carbocycles. The van der Waals surface area contributed by atoms with Gasteiger partial charge in [-0.1, -0.05) is 295 Å². The molecule has 0 bridgehead atoms. The second-order valence-electron chi connectivity index (χ2n) is 22.8. The number of fused-ring (bicyclic) bond motifs is 2. The van der Waals surface area contributed by atoms with E-state index in [4.69, 9.17) is 0 Å². The molecule has 0 N–H and O–H groups in total. The molecule has 0 unspecified atom stereocenters. The van der Waals surface area contributed by atoms with Gasteiger partial charge in [0.05, 0.1) is 9.79 Å². The Morgan fingerprint density at radius 3 is 0.714 bits per heavy atom. The van der Waals surface area contributed by atoms with E-state index >= 15 is 0 Å². The fourth-order valence-corrected chi connectivity index (χ4v) is 12.6. The molecule has 4 aromatic carbocycles. The molecule has 0 saturated heterocycles. The number of unbranched alkanes of at least 4 members (excludes halogenated alkanes) is 36. The average Bonchev–Trinajstić information content (AvgIpc) is 3.40. The second-order valence-corrected chi connectivity index (χ2v) is 25.6. The summed E-state index contributed by atoms with van der Waals surface area (Å²) in [6.07, 6.45) is 55.6. The Hall–Kier alpha value is -1.52. The van der Waals surface area contributed by atoms with Crippen LogP contribution in [0.2, 0.25) is 0 Å². The van der Waals surface area contributed by atoms with Gasteiger partial charge in [0, 0.05) is 0 Å². The van der Waals surface area contributed by atoms with E-state index in [2.05, 4.69) is 39.8 Å². The van der Waals surface area contributed by atoms with Gasteiger partial charge in [0.25, 0.3) is 0 Å². The number of hydrogen-bond acceptors (Lipinski definition) is 6. The first-order valence-corrected chi connectivity index (χ1v) is 34.8. The number of rotatable bonds is 46. The van der Waals surface area contributed by atoms with Gasteiger partial charge in [0.2, 0.25) is 0 Å². The van der Waals surface area contributed by atoms with Crippen LogP contribution in [0, 0.1) is 0 Å². The average molecular weight is 1130 g/mol. The number of hydrogen-bond donors (Lipinski definition) is 0. The maximum atomic E-state index is 11.9. The molecule has 0 fully saturated rings. The first-order valence-electron chi connectivity index (χ1n) is 31.9. The van der Waals surface area contributed by atoms with Crippen molar-refractivity contribution in [3.63, 3.8) is 0 Å². The van der Waals surface area contributed by atoms with Crippen molar-refractivity contribution < 1.29 is 25.9 Å². The molecule has 0 saturated carbocycles. The van der Waals surface area contributed by atoms with E-state index in [1.807, 2.05) is 24.3 Å². The van der Waals surface area contributed by atoms with E-state index in [0.29, 0.717) is 0 Å². The summed E-state index contributed by atoms with van der Waals surface area (Å²) in [6, 6.07) is 18.9. The van der Waals surface area contributed by atoms with Crippen LogP contribution in [-0.2, 0) is 45.9 Å². The van der Waals surface area contributed by atoms with Gasteiger partial charge < -0.3 is 9.11 Å². The normalized spacial score (nSPS) is 11.8. The third kappa shape index (κ3) is 32.1. The third-order valence-electron chi connectivity index (χ3n) is 16.0. The van der Waals surface area contributed by atoms with Crippen LogP contribution in [0.25, 0.3) is 21.5 Å². The Morgan fingerprint density at radius 2 is 0.494 bits per heavy atom. The quantitative estimate of drug-likeness (QED) is 0.0247. The molecule has 0 radical (unpaired) electrons. The van der Waals surface area contributed by atoms with Crippen LogP contribution in [0.15, 0.2) is 70.5 Å². The van der Waals surface area contributed by atoms with E-state index in [1.54, 1.807) is 24.3 Å². The largest absolute Gasteiger partial charge is 2.00 e. The van der Waals surface area contributed by atoms with Gasteiger partial charge in [0.1, 0.15) is 20.2 Å². The molecule has 0 heterocycles. The maximum Gasteiger partial charge on any atom is 2.00 e. The molecule has 4 rings (SSSR count). The van der Waals surface area contributed by atoms with Gasteiger partial charge in [0.15, 0.2) is 0 Å². The van der Waals surface area contributed by atoms with E-state index < -0.39 is 20.2 Å². The molecule has 4 aromatic rings. The van der Waals surface area contributed by atoms with Crippen LogP contribution in [0.1, 0.15) is 307 Å². The molecule has 77 heavy (non-hydrogen) atoms. The molecule has 0 aromatic heterocycles. The van der Waals surface area contributed by atoms with Crippen LogP contribution in [0.4, 0.5) is 0 Å². The van der Waals surface area contributed by atoms with Gasteiger partial charge in [-0.15, -0.1) is 0 Å². The first kappa shape index (κ1) is 71.6. The minimum absolute atomic E-state index is 0. The van der Waals surface area contributed by atoms with E-state index in [1.165, 1.54) is 240 Å². The van der Waals surface area contributed by atoms with Crippen LogP contribution in [-0.4, -0.2) is 63.7 Å². The zero-order valence-electron chi connectivity index (χ0n) is 49.9. The Bertz CT molecular complexity index is 2160. The van der Waals surface area contributed by atoms with Crippen molar-refractivity contribution in [3.05, 3.63) is 82.9 Å². The zero-order chi connectivity index (χ0) is 55.0. The molecule has 0 amide bonds. The van der Waals surface area contributed by atoms with Crippen LogP contribution < -0.4 is 0 Å². The summed E-state index contributed by atoms with van der Waals surface area (Å²) in [4.78, 5) is -0.161. The van der Waals surface area contributed by atoms with Crippen molar-refractivity contribution in [1.29, 1.82) is 0 Å². The molecule has 6 nitrogen and oxygen atoms in total. The molecule has 0 spiro atoms. The minimum Gasteiger partial charge on any atom is -0.744 e. The summed E-state index contributed by atoms with van der Waals surface area (Å²) in [5.74, 6) is 0. The van der Waals surface area contributed by atoms with E-state index in [-0.39, 0.29) is 47.5 Å². The molecular formula is C68H110CaO6S2. The molecule has 0 atom stereocenters. The summed E-state index contributed by atoms with van der Waals surface area (Å²) in [7, 11) is -8.94. The van der Waals surface area contributed by atoms with Gasteiger partial charge in [-0.25, -0.2) is 16.8 Å². The van der Waals surface area contributed by atoms with Crippen molar-refractivity contribution in [3.8, 4) is 0 Å². The summed E-state index contributed by atoms with van der Waals surface area (Å²) in [6.45, 7) is 9.04. The van der Waals surface area contributed by atoms with Crippen LogP contribution in [0.5, 0.6) is 0 Å². The first-order chi connectivity index (χ1) is 36.9. The fraction of sp³-hybridized carbons (Fsp3) is 0.706. The fourth-order valence-electron chi connectivity index (χ4n) is 11.5. The van der Waals surface area contributed by atoms with Crippen molar-refractivity contribution in [2.45, 2.75) is 320 Å². The topological polar surface area (TPSA) is 114 Å². The van der Waals surface area contributed by atoms with Crippen LogP contribution >= 0.6 is 0 Å². The van der Waals surface area contributed by atoms with E-state index in [0.717, 1.165) is 86.1 Å².